The van der Waals surface area contributed by atoms with Crippen molar-refractivity contribution >= 4 is 16.0 Å². The zero-order valence-corrected chi connectivity index (χ0v) is 18.0. The van der Waals surface area contributed by atoms with Gasteiger partial charge in [0.1, 0.15) is 16.3 Å². The van der Waals surface area contributed by atoms with Crippen LogP contribution in [0.15, 0.2) is 27.7 Å². The number of aryl methyl sites for hydroxylation is 1. The van der Waals surface area contributed by atoms with Crippen molar-refractivity contribution in [2.24, 2.45) is 0 Å². The van der Waals surface area contributed by atoms with Crippen LogP contribution in [0.25, 0.3) is 0 Å². The first kappa shape index (κ1) is 21.6. The highest BCUT2D eigenvalue weighted by Gasteiger charge is 2.30. The number of likely N-dealkylation sites (tertiary alicyclic amines) is 1. The maximum absolute atomic E-state index is 13.1. The van der Waals surface area contributed by atoms with Crippen LogP contribution in [0.4, 0.5) is 0 Å². The zero-order chi connectivity index (χ0) is 21.0. The first-order valence-corrected chi connectivity index (χ1v) is 11.5. The molecule has 160 valence electrons. The number of carbonyl (C=O) groups is 1. The number of carbonyl (C=O) groups excluding carboxylic acids is 1. The summed E-state index contributed by atoms with van der Waals surface area (Å²) >= 11 is 0. The van der Waals surface area contributed by atoms with E-state index in [2.05, 4.69) is 14.6 Å². The Kier molecular flexibility index (Phi) is 6.81. The topological polar surface area (TPSA) is 105 Å². The number of nitrogens with zero attached hydrogens (tertiary/aromatic N) is 1. The minimum Gasteiger partial charge on any atom is -0.468 e. The molecule has 3 heterocycles. The third kappa shape index (κ3) is 4.73. The van der Waals surface area contributed by atoms with Gasteiger partial charge in [0.2, 0.25) is 10.0 Å². The average Bonchev–Trinajstić information content (AvgIpc) is 3.31. The third-order valence-electron chi connectivity index (χ3n) is 5.29. The van der Waals surface area contributed by atoms with E-state index in [-0.39, 0.29) is 29.8 Å². The average molecular weight is 424 g/mol. The van der Waals surface area contributed by atoms with Crippen molar-refractivity contribution in [3.63, 3.8) is 0 Å². The molecule has 2 N–H and O–H groups in total. The predicted octanol–water partition coefficient (Wildman–Crippen LogP) is 2.91. The number of sulfonamides is 1. The fourth-order valence-corrected chi connectivity index (χ4v) is 5.41. The highest BCUT2D eigenvalue weighted by Crippen LogP contribution is 2.27. The second-order valence-electron chi connectivity index (χ2n) is 7.28. The lowest BCUT2D eigenvalue weighted by Gasteiger charge is -2.33. The molecule has 0 radical (unpaired) electrons. The van der Waals surface area contributed by atoms with Gasteiger partial charge < -0.3 is 14.1 Å². The number of aromatic nitrogens is 1. The number of hydrogen-bond acceptors (Lipinski definition) is 6. The van der Waals surface area contributed by atoms with Gasteiger partial charge in [0.05, 0.1) is 18.9 Å². The molecule has 2 aromatic rings. The van der Waals surface area contributed by atoms with E-state index in [0.717, 1.165) is 31.7 Å². The van der Waals surface area contributed by atoms with Crippen molar-refractivity contribution in [1.82, 2.24) is 14.6 Å². The van der Waals surface area contributed by atoms with Crippen LogP contribution in [0.1, 0.15) is 59.7 Å². The molecule has 8 nitrogen and oxygen atoms in total. The van der Waals surface area contributed by atoms with Gasteiger partial charge in [-0.05, 0) is 58.8 Å². The van der Waals surface area contributed by atoms with E-state index < -0.39 is 16.0 Å². The summed E-state index contributed by atoms with van der Waals surface area (Å²) in [7, 11) is -3.83. The molecule has 0 aromatic carbocycles. The molecule has 1 aliphatic heterocycles. The van der Waals surface area contributed by atoms with E-state index >= 15 is 0 Å². The number of aromatic amines is 1. The van der Waals surface area contributed by atoms with Crippen molar-refractivity contribution in [2.45, 2.75) is 51.0 Å². The number of nitrogens with one attached hydrogen (secondary N) is 2. The highest BCUT2D eigenvalue weighted by atomic mass is 32.2. The summed E-state index contributed by atoms with van der Waals surface area (Å²) in [6, 6.07) is 3.51. The van der Waals surface area contributed by atoms with Crippen LogP contribution in [-0.4, -0.2) is 50.5 Å². The van der Waals surface area contributed by atoms with Crippen molar-refractivity contribution in [1.29, 1.82) is 0 Å². The Bertz CT molecular complexity index is 928. The van der Waals surface area contributed by atoms with E-state index in [1.165, 1.54) is 6.42 Å². The molecule has 1 aliphatic rings. The minimum atomic E-state index is -3.83. The number of H-pyrrole nitrogens is 1. The molecule has 29 heavy (non-hydrogen) atoms. The molecule has 0 spiro atoms. The molecule has 1 atom stereocenters. The van der Waals surface area contributed by atoms with Gasteiger partial charge in [-0.15, -0.1) is 0 Å². The van der Waals surface area contributed by atoms with Gasteiger partial charge in [0.15, 0.2) is 0 Å². The maximum atomic E-state index is 13.1. The number of piperidine rings is 1. The number of hydrogen-bond donors (Lipinski definition) is 2. The Morgan fingerprint density at radius 2 is 2.03 bits per heavy atom. The van der Waals surface area contributed by atoms with Gasteiger partial charge in [-0.3, -0.25) is 4.90 Å². The molecule has 9 heteroatoms. The number of esters is 1. The Balaban J connectivity index is 1.82. The molecule has 1 saturated heterocycles. The standard InChI is InChI=1S/C20H29N3O5S/c1-4-27-20(24)18-14(2)19(15(3)22-18)29(25,26)21-13-16(17-9-8-12-28-17)23-10-6-5-7-11-23/h8-9,12,16,21-22H,4-7,10-11,13H2,1-3H3/t16-/m0/s1. The van der Waals surface area contributed by atoms with Crippen LogP contribution in [0, 0.1) is 13.8 Å². The van der Waals surface area contributed by atoms with Crippen LogP contribution in [0.2, 0.25) is 0 Å². The van der Waals surface area contributed by atoms with E-state index in [1.807, 2.05) is 12.1 Å². The van der Waals surface area contributed by atoms with Crippen LogP contribution in [0.5, 0.6) is 0 Å². The first-order valence-electron chi connectivity index (χ1n) is 9.98. The molecule has 0 aliphatic carbocycles. The lowest BCUT2D eigenvalue weighted by atomic mass is 10.1. The SMILES string of the molecule is CCOC(=O)c1[nH]c(C)c(S(=O)(=O)NC[C@@H](c2ccco2)N2CCCCC2)c1C. The fraction of sp³-hybridized carbons (Fsp3) is 0.550. The largest absolute Gasteiger partial charge is 0.468 e. The summed E-state index contributed by atoms with van der Waals surface area (Å²) in [6.07, 6.45) is 4.96. The van der Waals surface area contributed by atoms with Crippen molar-refractivity contribution in [2.75, 3.05) is 26.2 Å². The Morgan fingerprint density at radius 3 is 2.66 bits per heavy atom. The van der Waals surface area contributed by atoms with E-state index in [0.29, 0.717) is 11.3 Å². The van der Waals surface area contributed by atoms with Crippen molar-refractivity contribution < 1.29 is 22.4 Å². The quantitative estimate of drug-likeness (QED) is 0.633. The second-order valence-corrected chi connectivity index (χ2v) is 8.98. The number of ether oxygens (including phenoxy) is 1. The first-order chi connectivity index (χ1) is 13.8. The lowest BCUT2D eigenvalue weighted by Crippen LogP contribution is -2.40. The molecule has 0 unspecified atom stereocenters. The van der Waals surface area contributed by atoms with Gasteiger partial charge in [-0.1, -0.05) is 6.42 Å². The monoisotopic (exact) mass is 423 g/mol. The third-order valence-corrected chi connectivity index (χ3v) is 6.98. The summed E-state index contributed by atoms with van der Waals surface area (Å²) in [5.74, 6) is 0.181. The van der Waals surface area contributed by atoms with E-state index in [1.54, 1.807) is 27.0 Å². The fourth-order valence-electron chi connectivity index (χ4n) is 3.92. The van der Waals surface area contributed by atoms with Crippen LogP contribution >= 0.6 is 0 Å². The number of rotatable bonds is 8. The van der Waals surface area contributed by atoms with Gasteiger partial charge in [-0.2, -0.15) is 0 Å². The smallest absolute Gasteiger partial charge is 0.355 e. The molecular weight excluding hydrogens is 394 g/mol. The maximum Gasteiger partial charge on any atom is 0.355 e. The summed E-state index contributed by atoms with van der Waals surface area (Å²) in [6.45, 7) is 7.17. The normalized spacial score (nSPS) is 16.7. The molecule has 0 amide bonds. The van der Waals surface area contributed by atoms with Crippen molar-refractivity contribution in [3.8, 4) is 0 Å². The minimum absolute atomic E-state index is 0.0948. The van der Waals surface area contributed by atoms with E-state index in [4.69, 9.17) is 9.15 Å². The number of furan rings is 1. The highest BCUT2D eigenvalue weighted by molar-refractivity contribution is 7.89. The van der Waals surface area contributed by atoms with Crippen molar-refractivity contribution in [3.05, 3.63) is 41.1 Å². The van der Waals surface area contributed by atoms with Crippen LogP contribution < -0.4 is 4.72 Å². The Morgan fingerprint density at radius 1 is 1.31 bits per heavy atom. The van der Waals surface area contributed by atoms with E-state index in [9.17, 15) is 13.2 Å². The molecule has 0 bridgehead atoms. The molecule has 1 fully saturated rings. The summed E-state index contributed by atoms with van der Waals surface area (Å²) in [5.41, 5.74) is 0.940. The van der Waals surface area contributed by atoms with Gasteiger partial charge in [-0.25, -0.2) is 17.9 Å². The molecule has 3 rings (SSSR count). The second kappa shape index (κ2) is 9.15. The Labute approximate surface area is 171 Å². The van der Waals surface area contributed by atoms with Crippen LogP contribution in [-0.2, 0) is 14.8 Å². The molecule has 2 aromatic heterocycles. The Hall–Kier alpha value is -2.10. The summed E-state index contributed by atoms with van der Waals surface area (Å²) in [4.78, 5) is 17.3. The predicted molar refractivity (Wildman–Crippen MR) is 108 cm³/mol. The van der Waals surface area contributed by atoms with Gasteiger partial charge in [0, 0.05) is 17.8 Å². The lowest BCUT2D eigenvalue weighted by molar-refractivity contribution is 0.0519. The summed E-state index contributed by atoms with van der Waals surface area (Å²) in [5, 5.41) is 0. The van der Waals surface area contributed by atoms with Crippen LogP contribution in [0.3, 0.4) is 0 Å². The zero-order valence-electron chi connectivity index (χ0n) is 17.2. The molecule has 0 saturated carbocycles. The summed E-state index contributed by atoms with van der Waals surface area (Å²) < 4.78 is 39.5. The van der Waals surface area contributed by atoms with Gasteiger partial charge in [0.25, 0.3) is 0 Å². The molecular formula is C20H29N3O5S. The van der Waals surface area contributed by atoms with Gasteiger partial charge >= 0.3 is 5.97 Å².